The van der Waals surface area contributed by atoms with Gasteiger partial charge < -0.3 is 9.84 Å². The first-order chi connectivity index (χ1) is 10.8. The molecule has 2 heteroatoms. The summed E-state index contributed by atoms with van der Waals surface area (Å²) in [6.45, 7) is 11.4. The Morgan fingerprint density at radius 3 is 2.65 bits per heavy atom. The van der Waals surface area contributed by atoms with Crippen LogP contribution in [0.4, 0.5) is 0 Å². The van der Waals surface area contributed by atoms with Crippen LogP contribution in [0.25, 0.3) is 0 Å². The molecule has 1 unspecified atom stereocenters. The lowest BCUT2D eigenvalue weighted by Gasteiger charge is -2.34. The van der Waals surface area contributed by atoms with Crippen molar-refractivity contribution in [2.24, 2.45) is 11.8 Å². The number of hydrogen-bond donors (Lipinski definition) is 1. The van der Waals surface area contributed by atoms with E-state index in [2.05, 4.69) is 40.7 Å². The van der Waals surface area contributed by atoms with E-state index in [9.17, 15) is 5.11 Å². The Balaban J connectivity index is 2.03. The molecular weight excluding hydrogens is 284 g/mol. The van der Waals surface area contributed by atoms with Crippen LogP contribution in [-0.2, 0) is 11.8 Å². The minimum absolute atomic E-state index is 0.0466. The largest absolute Gasteiger partial charge is 0.507 e. The number of aromatic hydroxyl groups is 1. The molecule has 128 valence electrons. The number of ether oxygens (including phenoxy) is 1. The van der Waals surface area contributed by atoms with Crippen LogP contribution in [0.5, 0.6) is 11.5 Å². The van der Waals surface area contributed by atoms with Gasteiger partial charge in [0.2, 0.25) is 0 Å². The maximum absolute atomic E-state index is 10.8. The third kappa shape index (κ3) is 2.64. The summed E-state index contributed by atoms with van der Waals surface area (Å²) in [6, 6.07) is 4.18. The standard InChI is InChI=1S/C21H32O2/c1-6-7-8-9-15-12-17(22)19-18(13-15)23-21(5)11-10-16(14(21)2)20(19,3)4/h12-14,16,22H,6-11H2,1-5H3/t14-,16?,21+/m0/s1. The maximum atomic E-state index is 10.8. The number of hydrogen-bond acceptors (Lipinski definition) is 2. The molecule has 3 rings (SSSR count). The minimum Gasteiger partial charge on any atom is -0.507 e. The zero-order valence-electron chi connectivity index (χ0n) is 15.4. The fourth-order valence-corrected chi connectivity index (χ4v) is 5.02. The molecule has 1 aliphatic heterocycles. The monoisotopic (exact) mass is 316 g/mol. The highest BCUT2D eigenvalue weighted by molar-refractivity contribution is 5.53. The molecule has 23 heavy (non-hydrogen) atoms. The third-order valence-electron chi connectivity index (χ3n) is 6.64. The van der Waals surface area contributed by atoms with E-state index in [0.717, 1.165) is 24.2 Å². The second-order valence-electron chi connectivity index (χ2n) is 8.52. The smallest absolute Gasteiger partial charge is 0.127 e. The van der Waals surface area contributed by atoms with E-state index in [1.165, 1.54) is 31.2 Å². The van der Waals surface area contributed by atoms with Crippen molar-refractivity contribution in [2.45, 2.75) is 84.2 Å². The molecule has 1 aliphatic carbocycles. The van der Waals surface area contributed by atoms with Gasteiger partial charge in [0.25, 0.3) is 0 Å². The highest BCUT2D eigenvalue weighted by Gasteiger charge is 2.54. The van der Waals surface area contributed by atoms with E-state index in [0.29, 0.717) is 17.6 Å². The molecule has 3 atom stereocenters. The molecule has 0 aromatic heterocycles. The fourth-order valence-electron chi connectivity index (χ4n) is 5.02. The first-order valence-electron chi connectivity index (χ1n) is 9.35. The number of rotatable bonds is 4. The van der Waals surface area contributed by atoms with E-state index in [-0.39, 0.29) is 11.0 Å². The summed E-state index contributed by atoms with van der Waals surface area (Å²) < 4.78 is 6.55. The molecule has 1 aromatic carbocycles. The first-order valence-corrected chi connectivity index (χ1v) is 9.35. The molecule has 0 spiro atoms. The van der Waals surface area contributed by atoms with E-state index < -0.39 is 0 Å². The number of aryl methyl sites for hydroxylation is 1. The van der Waals surface area contributed by atoms with Crippen LogP contribution in [0.15, 0.2) is 12.1 Å². The maximum Gasteiger partial charge on any atom is 0.127 e. The molecule has 2 aliphatic rings. The van der Waals surface area contributed by atoms with E-state index in [1.54, 1.807) is 0 Å². The van der Waals surface area contributed by atoms with E-state index >= 15 is 0 Å². The van der Waals surface area contributed by atoms with Gasteiger partial charge >= 0.3 is 0 Å². The molecule has 2 nitrogen and oxygen atoms in total. The molecule has 1 N–H and O–H groups in total. The number of phenols is 1. The summed E-state index contributed by atoms with van der Waals surface area (Å²) >= 11 is 0. The van der Waals surface area contributed by atoms with E-state index in [1.807, 2.05) is 6.07 Å². The number of phenolic OH excluding ortho intramolecular Hbond substituents is 1. The van der Waals surface area contributed by atoms with Crippen molar-refractivity contribution >= 4 is 0 Å². The third-order valence-corrected chi connectivity index (χ3v) is 6.64. The first kappa shape index (κ1) is 16.7. The van der Waals surface area contributed by atoms with Crippen LogP contribution in [0.3, 0.4) is 0 Å². The van der Waals surface area contributed by atoms with Crippen molar-refractivity contribution in [3.63, 3.8) is 0 Å². The van der Waals surface area contributed by atoms with Crippen molar-refractivity contribution < 1.29 is 9.84 Å². The van der Waals surface area contributed by atoms with Crippen molar-refractivity contribution in [3.05, 3.63) is 23.3 Å². The summed E-state index contributed by atoms with van der Waals surface area (Å²) in [5.74, 6) is 2.43. The van der Waals surface area contributed by atoms with Crippen molar-refractivity contribution in [1.29, 1.82) is 0 Å². The Bertz CT molecular complexity index is 590. The molecule has 1 fully saturated rings. The molecular formula is C21H32O2. The average Bonchev–Trinajstić information content (AvgIpc) is 2.71. The van der Waals surface area contributed by atoms with Crippen LogP contribution < -0.4 is 4.74 Å². The lowest BCUT2D eigenvalue weighted by molar-refractivity contribution is 0.0478. The SMILES string of the molecule is CCCCCc1cc(O)c2c(c1)O[C@]1(C)CCC([C@@H]1C)C2(C)C. The lowest BCUT2D eigenvalue weighted by Crippen LogP contribution is -2.37. The van der Waals surface area contributed by atoms with Crippen LogP contribution in [0.2, 0.25) is 0 Å². The van der Waals surface area contributed by atoms with Crippen molar-refractivity contribution in [3.8, 4) is 11.5 Å². The number of unbranched alkanes of at least 4 members (excludes halogenated alkanes) is 2. The van der Waals surface area contributed by atoms with Gasteiger partial charge in [0.15, 0.2) is 0 Å². The van der Waals surface area contributed by atoms with Gasteiger partial charge in [0.1, 0.15) is 17.1 Å². The molecule has 1 saturated carbocycles. The topological polar surface area (TPSA) is 29.5 Å². The predicted molar refractivity (Wildman–Crippen MR) is 95.3 cm³/mol. The van der Waals surface area contributed by atoms with Crippen LogP contribution in [-0.4, -0.2) is 10.7 Å². The predicted octanol–water partition coefficient (Wildman–Crippen LogP) is 5.60. The molecule has 1 heterocycles. The second-order valence-corrected chi connectivity index (χ2v) is 8.52. The lowest BCUT2D eigenvalue weighted by atomic mass is 9.68. The van der Waals surface area contributed by atoms with Crippen LogP contribution >= 0.6 is 0 Å². The normalized spacial score (nSPS) is 31.3. The van der Waals surface area contributed by atoms with Crippen LogP contribution in [0.1, 0.15) is 77.8 Å². The molecule has 0 radical (unpaired) electrons. The van der Waals surface area contributed by atoms with Gasteiger partial charge in [-0.25, -0.2) is 0 Å². The second kappa shape index (κ2) is 5.72. The van der Waals surface area contributed by atoms with E-state index in [4.69, 9.17) is 4.74 Å². The molecule has 1 aromatic rings. The van der Waals surface area contributed by atoms with Gasteiger partial charge in [0, 0.05) is 11.0 Å². The number of fused-ring (bicyclic) bond motifs is 3. The molecule has 2 bridgehead atoms. The van der Waals surface area contributed by atoms with Gasteiger partial charge in [-0.1, -0.05) is 40.5 Å². The highest BCUT2D eigenvalue weighted by atomic mass is 16.5. The Labute approximate surface area is 141 Å². The Kier molecular flexibility index (Phi) is 4.14. The molecule has 0 amide bonds. The van der Waals surface area contributed by atoms with Gasteiger partial charge in [0.05, 0.1) is 0 Å². The van der Waals surface area contributed by atoms with Crippen LogP contribution in [0, 0.1) is 11.8 Å². The van der Waals surface area contributed by atoms with Gasteiger partial charge in [-0.15, -0.1) is 0 Å². The quantitative estimate of drug-likeness (QED) is 0.733. The number of benzene rings is 1. The summed E-state index contributed by atoms with van der Waals surface area (Å²) in [5.41, 5.74) is 2.09. The zero-order chi connectivity index (χ0) is 16.8. The Morgan fingerprint density at radius 2 is 1.96 bits per heavy atom. The summed E-state index contributed by atoms with van der Waals surface area (Å²) in [7, 11) is 0. The zero-order valence-corrected chi connectivity index (χ0v) is 15.4. The Morgan fingerprint density at radius 1 is 1.22 bits per heavy atom. The van der Waals surface area contributed by atoms with Crippen molar-refractivity contribution in [1.82, 2.24) is 0 Å². The average molecular weight is 316 g/mol. The Hall–Kier alpha value is -1.18. The summed E-state index contributed by atoms with van der Waals surface area (Å²) in [4.78, 5) is 0. The van der Waals surface area contributed by atoms with Gasteiger partial charge in [-0.05, 0) is 62.1 Å². The summed E-state index contributed by atoms with van der Waals surface area (Å²) in [6.07, 6.45) is 6.95. The van der Waals surface area contributed by atoms with Gasteiger partial charge in [-0.2, -0.15) is 0 Å². The molecule has 0 saturated heterocycles. The highest BCUT2D eigenvalue weighted by Crippen LogP contribution is 2.58. The summed E-state index contributed by atoms with van der Waals surface area (Å²) in [5, 5.41) is 10.8. The van der Waals surface area contributed by atoms with Gasteiger partial charge in [-0.3, -0.25) is 0 Å². The fraction of sp³-hybridized carbons (Fsp3) is 0.714. The minimum atomic E-state index is -0.0956. The van der Waals surface area contributed by atoms with Crippen molar-refractivity contribution in [2.75, 3.05) is 0 Å².